The molecule has 0 fully saturated rings. The van der Waals surface area contributed by atoms with Gasteiger partial charge in [0.2, 0.25) is 11.7 Å². The van der Waals surface area contributed by atoms with E-state index in [0.29, 0.717) is 11.6 Å². The van der Waals surface area contributed by atoms with Crippen LogP contribution in [0.5, 0.6) is 5.88 Å². The lowest BCUT2D eigenvalue weighted by Gasteiger charge is -1.97. The predicted molar refractivity (Wildman–Crippen MR) is 57.8 cm³/mol. The van der Waals surface area contributed by atoms with Gasteiger partial charge in [-0.1, -0.05) is 5.16 Å². The zero-order chi connectivity index (χ0) is 13.0. The van der Waals surface area contributed by atoms with E-state index in [2.05, 4.69) is 20.1 Å². The van der Waals surface area contributed by atoms with Gasteiger partial charge in [-0.15, -0.1) is 0 Å². The molecule has 2 rings (SSSR count). The number of nitrogens with zero attached hydrogens (tertiary/aromatic N) is 4. The fourth-order valence-corrected chi connectivity index (χ4v) is 1.18. The van der Waals surface area contributed by atoms with Gasteiger partial charge in [-0.05, 0) is 6.92 Å². The maximum Gasteiger partial charge on any atom is 0.397 e. The molecule has 0 aromatic carbocycles. The molecule has 94 valence electrons. The summed E-state index contributed by atoms with van der Waals surface area (Å²) >= 11 is 0. The number of esters is 1. The molecule has 0 amide bonds. The minimum absolute atomic E-state index is 0.166. The first-order valence-corrected chi connectivity index (χ1v) is 5.11. The molecule has 0 spiro atoms. The van der Waals surface area contributed by atoms with E-state index >= 15 is 0 Å². The Labute approximate surface area is 102 Å². The first kappa shape index (κ1) is 12.0. The summed E-state index contributed by atoms with van der Waals surface area (Å²) < 4.78 is 14.4. The van der Waals surface area contributed by atoms with Crippen molar-refractivity contribution >= 4 is 5.97 Å². The highest BCUT2D eigenvalue weighted by molar-refractivity contribution is 5.84. The van der Waals surface area contributed by atoms with Crippen LogP contribution in [-0.2, 0) is 4.74 Å². The second kappa shape index (κ2) is 5.21. The van der Waals surface area contributed by atoms with Crippen LogP contribution in [0.3, 0.4) is 0 Å². The zero-order valence-electron chi connectivity index (χ0n) is 9.78. The smallest absolute Gasteiger partial charge is 0.397 e. The average Bonchev–Trinajstić information content (AvgIpc) is 2.89. The van der Waals surface area contributed by atoms with Gasteiger partial charge in [0.05, 0.1) is 13.7 Å². The molecule has 18 heavy (non-hydrogen) atoms. The molecule has 0 aliphatic heterocycles. The lowest BCUT2D eigenvalue weighted by Crippen LogP contribution is -2.04. The van der Waals surface area contributed by atoms with Crippen molar-refractivity contribution in [2.75, 3.05) is 13.7 Å². The Hall–Kier alpha value is -2.51. The van der Waals surface area contributed by atoms with Crippen molar-refractivity contribution in [3.8, 4) is 17.4 Å². The Morgan fingerprint density at radius 2 is 2.28 bits per heavy atom. The van der Waals surface area contributed by atoms with Crippen LogP contribution < -0.4 is 4.74 Å². The number of aromatic nitrogens is 4. The molecule has 2 heterocycles. The van der Waals surface area contributed by atoms with Crippen LogP contribution in [0, 0.1) is 0 Å². The van der Waals surface area contributed by atoms with Gasteiger partial charge in [0.15, 0.2) is 0 Å². The predicted octanol–water partition coefficient (Wildman–Crippen LogP) is 0.712. The van der Waals surface area contributed by atoms with Crippen LogP contribution in [0.15, 0.2) is 16.9 Å². The zero-order valence-corrected chi connectivity index (χ0v) is 9.78. The molecule has 0 radical (unpaired) electrons. The summed E-state index contributed by atoms with van der Waals surface area (Å²) in [6.07, 6.45) is 1.30. The molecule has 8 heteroatoms. The number of carbonyl (C=O) groups is 1. The molecule has 2 aromatic heterocycles. The Kier molecular flexibility index (Phi) is 3.46. The average molecular weight is 250 g/mol. The summed E-state index contributed by atoms with van der Waals surface area (Å²) in [5, 5.41) is 3.63. The first-order chi connectivity index (χ1) is 8.74. The number of carbonyl (C=O) groups excluding carboxylic acids is 1. The largest absolute Gasteiger partial charge is 0.481 e. The molecular weight excluding hydrogens is 240 g/mol. The number of hydrogen-bond donors (Lipinski definition) is 0. The summed E-state index contributed by atoms with van der Waals surface area (Å²) in [5.41, 5.74) is 0.390. The molecule has 0 atom stereocenters. The third-order valence-electron chi connectivity index (χ3n) is 1.96. The second-order valence-electron chi connectivity index (χ2n) is 3.09. The Morgan fingerprint density at radius 3 is 3.00 bits per heavy atom. The van der Waals surface area contributed by atoms with Crippen LogP contribution in [0.25, 0.3) is 11.5 Å². The molecular formula is C10H10N4O4. The summed E-state index contributed by atoms with van der Waals surface area (Å²) in [4.78, 5) is 23.0. The fraction of sp³-hybridized carbons (Fsp3) is 0.300. The SMILES string of the molecule is CCOC(=O)c1nc(-c2cc(OC)ncn2)no1. The topological polar surface area (TPSA) is 100 Å². The number of hydrogen-bond acceptors (Lipinski definition) is 8. The lowest BCUT2D eigenvalue weighted by molar-refractivity contribution is 0.0470. The lowest BCUT2D eigenvalue weighted by atomic mass is 10.4. The van der Waals surface area contributed by atoms with Crippen LogP contribution in [0.1, 0.15) is 17.6 Å². The van der Waals surface area contributed by atoms with E-state index in [1.165, 1.54) is 19.5 Å². The Balaban J connectivity index is 2.26. The van der Waals surface area contributed by atoms with Crippen LogP contribution in [-0.4, -0.2) is 39.8 Å². The number of rotatable bonds is 4. The van der Waals surface area contributed by atoms with Crippen LogP contribution >= 0.6 is 0 Å². The highest BCUT2D eigenvalue weighted by Gasteiger charge is 2.18. The maximum absolute atomic E-state index is 11.3. The van der Waals surface area contributed by atoms with E-state index in [-0.39, 0.29) is 18.3 Å². The van der Waals surface area contributed by atoms with Crippen molar-refractivity contribution in [2.24, 2.45) is 0 Å². The van der Waals surface area contributed by atoms with Crippen molar-refractivity contribution < 1.29 is 18.8 Å². The minimum atomic E-state index is -0.669. The van der Waals surface area contributed by atoms with Crippen LogP contribution in [0.4, 0.5) is 0 Å². The molecule has 0 bridgehead atoms. The monoisotopic (exact) mass is 250 g/mol. The molecule has 2 aromatic rings. The second-order valence-corrected chi connectivity index (χ2v) is 3.09. The molecule has 0 N–H and O–H groups in total. The molecule has 0 aliphatic rings. The van der Waals surface area contributed by atoms with E-state index in [0.717, 1.165) is 0 Å². The van der Waals surface area contributed by atoms with Gasteiger partial charge in [-0.3, -0.25) is 0 Å². The third kappa shape index (κ3) is 2.42. The first-order valence-electron chi connectivity index (χ1n) is 5.11. The standard InChI is InChI=1S/C10H10N4O4/c1-3-17-10(15)9-13-8(14-18-9)6-4-7(16-2)12-5-11-6/h4-5H,3H2,1-2H3. The van der Waals surface area contributed by atoms with Gasteiger partial charge < -0.3 is 14.0 Å². The summed E-state index contributed by atoms with van der Waals surface area (Å²) in [7, 11) is 1.48. The van der Waals surface area contributed by atoms with Crippen molar-refractivity contribution in [3.05, 3.63) is 18.3 Å². The van der Waals surface area contributed by atoms with Crippen molar-refractivity contribution in [2.45, 2.75) is 6.92 Å². The molecule has 0 saturated heterocycles. The van der Waals surface area contributed by atoms with E-state index < -0.39 is 5.97 Å². The molecule has 0 aliphatic carbocycles. The molecule has 8 nitrogen and oxygen atoms in total. The highest BCUT2D eigenvalue weighted by Crippen LogP contribution is 2.16. The van der Waals surface area contributed by atoms with Crippen molar-refractivity contribution in [3.63, 3.8) is 0 Å². The van der Waals surface area contributed by atoms with E-state index in [9.17, 15) is 4.79 Å². The van der Waals surface area contributed by atoms with Gasteiger partial charge in [-0.2, -0.15) is 4.98 Å². The van der Waals surface area contributed by atoms with Gasteiger partial charge in [-0.25, -0.2) is 14.8 Å². The van der Waals surface area contributed by atoms with Crippen molar-refractivity contribution in [1.29, 1.82) is 0 Å². The van der Waals surface area contributed by atoms with Gasteiger partial charge >= 0.3 is 11.9 Å². The quantitative estimate of drug-likeness (QED) is 0.731. The van der Waals surface area contributed by atoms with E-state index in [4.69, 9.17) is 14.0 Å². The normalized spacial score (nSPS) is 10.1. The fourth-order valence-electron chi connectivity index (χ4n) is 1.18. The van der Waals surface area contributed by atoms with Crippen LogP contribution in [0.2, 0.25) is 0 Å². The van der Waals surface area contributed by atoms with E-state index in [1.807, 2.05) is 0 Å². The molecule has 0 saturated carbocycles. The Bertz CT molecular complexity index is 554. The number of ether oxygens (including phenoxy) is 2. The summed E-state index contributed by atoms with van der Waals surface area (Å²) in [6, 6.07) is 1.53. The van der Waals surface area contributed by atoms with Gasteiger partial charge in [0.25, 0.3) is 0 Å². The maximum atomic E-state index is 11.3. The minimum Gasteiger partial charge on any atom is -0.481 e. The third-order valence-corrected chi connectivity index (χ3v) is 1.96. The van der Waals surface area contributed by atoms with Gasteiger partial charge in [0, 0.05) is 6.07 Å². The Morgan fingerprint density at radius 1 is 1.44 bits per heavy atom. The van der Waals surface area contributed by atoms with E-state index in [1.54, 1.807) is 6.92 Å². The van der Waals surface area contributed by atoms with Crippen molar-refractivity contribution in [1.82, 2.24) is 20.1 Å². The highest BCUT2D eigenvalue weighted by atomic mass is 16.6. The number of methoxy groups -OCH3 is 1. The molecule has 0 unspecified atom stereocenters. The summed E-state index contributed by atoms with van der Waals surface area (Å²) in [5.74, 6) is -0.358. The van der Waals surface area contributed by atoms with Gasteiger partial charge in [0.1, 0.15) is 12.0 Å². The summed E-state index contributed by atoms with van der Waals surface area (Å²) in [6.45, 7) is 1.92.